The van der Waals surface area contributed by atoms with Crippen molar-refractivity contribution in [1.82, 2.24) is 0 Å². The van der Waals surface area contributed by atoms with Gasteiger partial charge in [0.05, 0.1) is 6.33 Å². The van der Waals surface area contributed by atoms with Crippen LogP contribution in [-0.4, -0.2) is 5.78 Å². The normalized spacial score (nSPS) is 6.83. The Labute approximate surface area is 70.7 Å². The smallest absolute Gasteiger partial charge is 0.203 e. The lowest BCUT2D eigenvalue weighted by Crippen LogP contribution is -1.78. The van der Waals surface area contributed by atoms with Crippen LogP contribution in [0.4, 0.5) is 4.39 Å². The zero-order valence-corrected chi connectivity index (χ0v) is 6.44. The fraction of sp³-hybridized carbons (Fsp3) is 0.100. The third-order valence-corrected chi connectivity index (χ3v) is 0.645. The SMILES string of the molecule is CC(=O)C#CC#CC#CC=CF. The Morgan fingerprint density at radius 2 is 1.92 bits per heavy atom. The van der Waals surface area contributed by atoms with Crippen LogP contribution in [0.2, 0.25) is 0 Å². The van der Waals surface area contributed by atoms with Crippen molar-refractivity contribution in [2.24, 2.45) is 0 Å². The van der Waals surface area contributed by atoms with Crippen LogP contribution in [0.25, 0.3) is 0 Å². The van der Waals surface area contributed by atoms with E-state index in [-0.39, 0.29) is 5.78 Å². The summed E-state index contributed by atoms with van der Waals surface area (Å²) in [5, 5.41) is 0. The van der Waals surface area contributed by atoms with E-state index in [4.69, 9.17) is 0 Å². The molecule has 0 aliphatic rings. The monoisotopic (exact) mass is 160 g/mol. The van der Waals surface area contributed by atoms with Crippen molar-refractivity contribution in [1.29, 1.82) is 0 Å². The molecule has 12 heavy (non-hydrogen) atoms. The molecule has 0 rings (SSSR count). The van der Waals surface area contributed by atoms with Gasteiger partial charge in [-0.15, -0.1) is 0 Å². The third-order valence-electron chi connectivity index (χ3n) is 0.645. The summed E-state index contributed by atoms with van der Waals surface area (Å²) in [6, 6.07) is 0. The largest absolute Gasteiger partial charge is 0.285 e. The van der Waals surface area contributed by atoms with Crippen LogP contribution in [-0.2, 0) is 4.79 Å². The van der Waals surface area contributed by atoms with Gasteiger partial charge in [-0.3, -0.25) is 4.79 Å². The zero-order valence-electron chi connectivity index (χ0n) is 6.44. The molecule has 0 saturated carbocycles. The Hall–Kier alpha value is -1.98. The van der Waals surface area contributed by atoms with E-state index in [1.165, 1.54) is 6.92 Å². The van der Waals surface area contributed by atoms with E-state index in [1.807, 2.05) is 0 Å². The highest BCUT2D eigenvalue weighted by Crippen LogP contribution is 1.67. The van der Waals surface area contributed by atoms with E-state index in [2.05, 4.69) is 35.5 Å². The van der Waals surface area contributed by atoms with Crippen molar-refractivity contribution in [2.75, 3.05) is 0 Å². The number of halogens is 1. The molecular formula is C10H5FO. The molecule has 0 N–H and O–H groups in total. The first-order valence-electron chi connectivity index (χ1n) is 3.04. The molecule has 0 aromatic rings. The lowest BCUT2D eigenvalue weighted by atomic mass is 10.4. The molecule has 0 aromatic carbocycles. The van der Waals surface area contributed by atoms with Crippen LogP contribution in [0.5, 0.6) is 0 Å². The van der Waals surface area contributed by atoms with Gasteiger partial charge in [-0.2, -0.15) is 0 Å². The summed E-state index contributed by atoms with van der Waals surface area (Å²) in [5.41, 5.74) is 0. The van der Waals surface area contributed by atoms with E-state index in [9.17, 15) is 9.18 Å². The van der Waals surface area contributed by atoms with Gasteiger partial charge in [0.15, 0.2) is 0 Å². The van der Waals surface area contributed by atoms with Gasteiger partial charge in [0.2, 0.25) is 5.78 Å². The first-order chi connectivity index (χ1) is 5.77. The number of carbonyl (C=O) groups is 1. The molecule has 2 heteroatoms. The fourth-order valence-electron chi connectivity index (χ4n) is 0.291. The maximum Gasteiger partial charge on any atom is 0.203 e. The highest BCUT2D eigenvalue weighted by molar-refractivity contribution is 5.93. The van der Waals surface area contributed by atoms with Gasteiger partial charge < -0.3 is 0 Å². The lowest BCUT2D eigenvalue weighted by Gasteiger charge is -1.63. The molecule has 58 valence electrons. The van der Waals surface area contributed by atoms with Crippen molar-refractivity contribution in [3.8, 4) is 35.5 Å². The standard InChI is InChI=1S/C10H5FO/c1-10(12)8-6-4-2-3-5-7-9-11/h7,9H,1H3. The number of rotatable bonds is 0. The summed E-state index contributed by atoms with van der Waals surface area (Å²) in [6.07, 6.45) is 1.34. The number of hydrogen-bond acceptors (Lipinski definition) is 1. The predicted octanol–water partition coefficient (Wildman–Crippen LogP) is 1.07. The Morgan fingerprint density at radius 1 is 1.25 bits per heavy atom. The van der Waals surface area contributed by atoms with Gasteiger partial charge in [-0.1, -0.05) is 5.92 Å². The number of hydrogen-bond donors (Lipinski definition) is 0. The molecule has 0 amide bonds. The first-order valence-corrected chi connectivity index (χ1v) is 3.04. The minimum atomic E-state index is -0.249. The summed E-state index contributed by atoms with van der Waals surface area (Å²) < 4.78 is 11.3. The van der Waals surface area contributed by atoms with E-state index in [0.717, 1.165) is 6.08 Å². The fourth-order valence-corrected chi connectivity index (χ4v) is 0.291. The van der Waals surface area contributed by atoms with Gasteiger partial charge >= 0.3 is 0 Å². The molecule has 0 unspecified atom stereocenters. The third kappa shape index (κ3) is 8.02. The van der Waals surface area contributed by atoms with Crippen LogP contribution in [0, 0.1) is 35.5 Å². The van der Waals surface area contributed by atoms with Crippen molar-refractivity contribution >= 4 is 5.78 Å². The Balaban J connectivity index is 4.04. The summed E-state index contributed by atoms with van der Waals surface area (Å²) in [4.78, 5) is 10.2. The zero-order chi connectivity index (χ0) is 9.23. The number of carbonyl (C=O) groups excluding carboxylic acids is 1. The molecule has 0 bridgehead atoms. The molecule has 1 nitrogen and oxygen atoms in total. The maximum atomic E-state index is 11.3. The Morgan fingerprint density at radius 3 is 2.50 bits per heavy atom. The van der Waals surface area contributed by atoms with Gasteiger partial charge in [0.25, 0.3) is 0 Å². The minimum absolute atomic E-state index is 0.249. The van der Waals surface area contributed by atoms with Crippen molar-refractivity contribution in [3.63, 3.8) is 0 Å². The average molecular weight is 160 g/mol. The molecule has 0 spiro atoms. The second kappa shape index (κ2) is 7.13. The molecule has 0 radical (unpaired) electrons. The second-order valence-corrected chi connectivity index (χ2v) is 1.62. The molecule has 0 aromatic heterocycles. The molecule has 0 saturated heterocycles. The molecule has 0 aliphatic heterocycles. The van der Waals surface area contributed by atoms with Gasteiger partial charge in [0.1, 0.15) is 0 Å². The van der Waals surface area contributed by atoms with Crippen LogP contribution >= 0.6 is 0 Å². The molecular weight excluding hydrogens is 155 g/mol. The number of allylic oxidation sites excluding steroid dienone is 1. The highest BCUT2D eigenvalue weighted by Gasteiger charge is 1.74. The Kier molecular flexibility index (Phi) is 5.95. The highest BCUT2D eigenvalue weighted by atomic mass is 19.1. The number of Topliss-reactive ketones (excluding diaryl/α,β-unsaturated/α-hetero) is 1. The van der Waals surface area contributed by atoms with E-state index >= 15 is 0 Å². The lowest BCUT2D eigenvalue weighted by molar-refractivity contribution is -0.111. The number of ketones is 1. The molecule has 0 heterocycles. The van der Waals surface area contributed by atoms with Crippen LogP contribution in [0.15, 0.2) is 12.4 Å². The quantitative estimate of drug-likeness (QED) is 0.382. The van der Waals surface area contributed by atoms with E-state index in [0.29, 0.717) is 6.33 Å². The summed E-state index contributed by atoms with van der Waals surface area (Å²) >= 11 is 0. The average Bonchev–Trinajstić information content (AvgIpc) is 2.02. The first kappa shape index (κ1) is 10.0. The van der Waals surface area contributed by atoms with E-state index < -0.39 is 0 Å². The topological polar surface area (TPSA) is 17.1 Å². The minimum Gasteiger partial charge on any atom is -0.285 e. The summed E-state index contributed by atoms with van der Waals surface area (Å²) in [5.74, 6) is 13.5. The maximum absolute atomic E-state index is 11.3. The summed E-state index contributed by atoms with van der Waals surface area (Å²) in [7, 11) is 0. The van der Waals surface area contributed by atoms with Crippen LogP contribution in [0.3, 0.4) is 0 Å². The second-order valence-electron chi connectivity index (χ2n) is 1.62. The van der Waals surface area contributed by atoms with Gasteiger partial charge in [-0.05, 0) is 29.6 Å². The van der Waals surface area contributed by atoms with Gasteiger partial charge in [-0.25, -0.2) is 4.39 Å². The van der Waals surface area contributed by atoms with Gasteiger partial charge in [0, 0.05) is 13.0 Å². The van der Waals surface area contributed by atoms with E-state index in [1.54, 1.807) is 0 Å². The van der Waals surface area contributed by atoms with Crippen LogP contribution < -0.4 is 0 Å². The van der Waals surface area contributed by atoms with Crippen LogP contribution in [0.1, 0.15) is 6.92 Å². The summed E-state index contributed by atoms with van der Waals surface area (Å²) in [6.45, 7) is 1.34. The van der Waals surface area contributed by atoms with Crippen molar-refractivity contribution in [2.45, 2.75) is 6.92 Å². The molecule has 0 atom stereocenters. The predicted molar refractivity (Wildman–Crippen MR) is 44.3 cm³/mol. The van der Waals surface area contributed by atoms with Crippen molar-refractivity contribution in [3.05, 3.63) is 12.4 Å². The molecule has 0 aliphatic carbocycles. The Bertz CT molecular complexity index is 358. The molecule has 0 fully saturated rings. The van der Waals surface area contributed by atoms with Crippen molar-refractivity contribution < 1.29 is 9.18 Å².